The van der Waals surface area contributed by atoms with Crippen LogP contribution in [-0.4, -0.2) is 53.9 Å². The summed E-state index contributed by atoms with van der Waals surface area (Å²) in [4.78, 5) is 25.2. The van der Waals surface area contributed by atoms with Crippen molar-refractivity contribution in [3.05, 3.63) is 48.0 Å². The van der Waals surface area contributed by atoms with Gasteiger partial charge in [-0.3, -0.25) is 0 Å². The molecule has 1 aliphatic carbocycles. The maximum atomic E-state index is 12.8. The monoisotopic (exact) mass is 416 g/mol. The molecule has 1 saturated heterocycles. The van der Waals surface area contributed by atoms with E-state index in [-0.39, 0.29) is 13.0 Å². The predicted molar refractivity (Wildman–Crippen MR) is 107 cm³/mol. The number of esters is 2. The van der Waals surface area contributed by atoms with E-state index in [1.165, 1.54) is 0 Å². The van der Waals surface area contributed by atoms with E-state index in [1.54, 1.807) is 42.5 Å². The maximum absolute atomic E-state index is 12.8. The normalized spacial score (nSPS) is 32.5. The van der Waals surface area contributed by atoms with Crippen molar-refractivity contribution in [3.63, 3.8) is 0 Å². The standard InChI is InChI=1S/C23H28O7/c24-17-11-5-6-12-18(28-21(25)16-9-3-1-4-10-16)22(26)29-20(17)19-15-27-23(30-19)13-7-2-8-14-23/h1,3-6,9-10,17-20,24H,2,7-8,11-15H2/b6-5-/t17-,18-,19+,20+/m1/s1. The summed E-state index contributed by atoms with van der Waals surface area (Å²) in [5.74, 6) is -1.92. The van der Waals surface area contributed by atoms with Gasteiger partial charge < -0.3 is 24.1 Å². The van der Waals surface area contributed by atoms with Gasteiger partial charge in [-0.25, -0.2) is 9.59 Å². The van der Waals surface area contributed by atoms with Gasteiger partial charge in [0.05, 0.1) is 18.3 Å². The molecule has 0 radical (unpaired) electrons. The largest absolute Gasteiger partial charge is 0.454 e. The number of aliphatic hydroxyl groups is 1. The first-order valence-electron chi connectivity index (χ1n) is 10.7. The number of rotatable bonds is 3. The van der Waals surface area contributed by atoms with E-state index in [4.69, 9.17) is 18.9 Å². The highest BCUT2D eigenvalue weighted by atomic mass is 16.8. The fraction of sp³-hybridized carbons (Fsp3) is 0.565. The molecule has 7 nitrogen and oxygen atoms in total. The minimum Gasteiger partial charge on any atom is -0.454 e. The molecule has 0 amide bonds. The molecule has 0 aromatic heterocycles. The van der Waals surface area contributed by atoms with Crippen molar-refractivity contribution >= 4 is 11.9 Å². The van der Waals surface area contributed by atoms with Gasteiger partial charge in [-0.1, -0.05) is 36.8 Å². The van der Waals surface area contributed by atoms with Gasteiger partial charge in [-0.15, -0.1) is 0 Å². The third kappa shape index (κ3) is 4.74. The maximum Gasteiger partial charge on any atom is 0.348 e. The number of hydrogen-bond donors (Lipinski definition) is 1. The highest BCUT2D eigenvalue weighted by Crippen LogP contribution is 2.39. The Morgan fingerprint density at radius 1 is 1.07 bits per heavy atom. The van der Waals surface area contributed by atoms with Crippen molar-refractivity contribution in [3.8, 4) is 0 Å². The van der Waals surface area contributed by atoms with Gasteiger partial charge in [0, 0.05) is 19.3 Å². The Bertz CT molecular complexity index is 769. The Morgan fingerprint density at radius 2 is 1.80 bits per heavy atom. The van der Waals surface area contributed by atoms with Crippen molar-refractivity contribution < 1.29 is 33.6 Å². The fourth-order valence-corrected chi connectivity index (χ4v) is 4.26. The van der Waals surface area contributed by atoms with Crippen LogP contribution in [0.3, 0.4) is 0 Å². The van der Waals surface area contributed by atoms with E-state index in [0.29, 0.717) is 12.0 Å². The SMILES string of the molecule is O=C(O[C@@H]1C/C=C\C[C@@H](O)[C@@H]([C@@H]2COC3(CCCCC3)O2)OC1=O)c1ccccc1. The van der Waals surface area contributed by atoms with Crippen molar-refractivity contribution in [2.45, 2.75) is 75.1 Å². The Labute approximate surface area is 175 Å². The lowest BCUT2D eigenvalue weighted by atomic mass is 9.94. The summed E-state index contributed by atoms with van der Waals surface area (Å²) in [5.41, 5.74) is 0.359. The number of carbonyl (C=O) groups is 2. The first-order valence-corrected chi connectivity index (χ1v) is 10.7. The molecule has 7 heteroatoms. The van der Waals surface area contributed by atoms with Crippen molar-refractivity contribution in [2.24, 2.45) is 0 Å². The van der Waals surface area contributed by atoms with Crippen LogP contribution in [0.2, 0.25) is 0 Å². The lowest BCUT2D eigenvalue weighted by Crippen LogP contribution is -2.45. The van der Waals surface area contributed by atoms with Gasteiger partial charge in [-0.2, -0.15) is 0 Å². The molecule has 1 spiro atoms. The van der Waals surface area contributed by atoms with Gasteiger partial charge in [0.25, 0.3) is 0 Å². The van der Waals surface area contributed by atoms with Crippen molar-refractivity contribution in [1.29, 1.82) is 0 Å². The molecule has 3 aliphatic rings. The Kier molecular flexibility index (Phi) is 6.51. The van der Waals surface area contributed by atoms with Gasteiger partial charge in [0.1, 0.15) is 6.10 Å². The van der Waals surface area contributed by atoms with Crippen LogP contribution >= 0.6 is 0 Å². The zero-order chi connectivity index (χ0) is 21.0. The molecule has 162 valence electrons. The average molecular weight is 416 g/mol. The van der Waals surface area contributed by atoms with Crippen LogP contribution in [0.15, 0.2) is 42.5 Å². The number of hydrogen-bond acceptors (Lipinski definition) is 7. The lowest BCUT2D eigenvalue weighted by molar-refractivity contribution is -0.209. The van der Waals surface area contributed by atoms with Gasteiger partial charge in [0.15, 0.2) is 11.9 Å². The third-order valence-electron chi connectivity index (χ3n) is 5.91. The van der Waals surface area contributed by atoms with E-state index >= 15 is 0 Å². The zero-order valence-electron chi connectivity index (χ0n) is 16.9. The molecule has 1 aromatic rings. The third-order valence-corrected chi connectivity index (χ3v) is 5.91. The number of ether oxygens (including phenoxy) is 4. The molecule has 0 bridgehead atoms. The first-order chi connectivity index (χ1) is 14.6. The molecule has 1 aromatic carbocycles. The molecule has 2 heterocycles. The van der Waals surface area contributed by atoms with Gasteiger partial charge in [0.2, 0.25) is 6.10 Å². The average Bonchev–Trinajstić information content (AvgIpc) is 3.18. The van der Waals surface area contributed by atoms with E-state index in [2.05, 4.69) is 0 Å². The molecular formula is C23H28O7. The van der Waals surface area contributed by atoms with Gasteiger partial charge >= 0.3 is 11.9 Å². The molecule has 2 fully saturated rings. The second kappa shape index (κ2) is 9.29. The van der Waals surface area contributed by atoms with E-state index in [1.807, 2.05) is 0 Å². The summed E-state index contributed by atoms with van der Waals surface area (Å²) in [6, 6.07) is 8.49. The molecule has 1 N–H and O–H groups in total. The van der Waals surface area contributed by atoms with Crippen LogP contribution in [0.5, 0.6) is 0 Å². The predicted octanol–water partition coefficient (Wildman–Crippen LogP) is 2.91. The molecule has 1 saturated carbocycles. The van der Waals surface area contributed by atoms with Crippen LogP contribution in [0.1, 0.15) is 55.3 Å². The number of aliphatic hydroxyl groups excluding tert-OH is 1. The second-order valence-electron chi connectivity index (χ2n) is 8.11. The fourth-order valence-electron chi connectivity index (χ4n) is 4.26. The summed E-state index contributed by atoms with van der Waals surface area (Å²) >= 11 is 0. The van der Waals surface area contributed by atoms with Crippen LogP contribution in [0, 0.1) is 0 Å². The summed E-state index contributed by atoms with van der Waals surface area (Å²) in [7, 11) is 0. The van der Waals surface area contributed by atoms with Crippen molar-refractivity contribution in [1.82, 2.24) is 0 Å². The highest BCUT2D eigenvalue weighted by Gasteiger charge is 2.48. The Morgan fingerprint density at radius 3 is 2.57 bits per heavy atom. The smallest absolute Gasteiger partial charge is 0.348 e. The summed E-state index contributed by atoms with van der Waals surface area (Å²) in [5, 5.41) is 10.6. The van der Waals surface area contributed by atoms with E-state index in [9.17, 15) is 14.7 Å². The molecule has 0 unspecified atom stereocenters. The summed E-state index contributed by atoms with van der Waals surface area (Å²) < 4.78 is 23.2. The van der Waals surface area contributed by atoms with Gasteiger partial charge in [-0.05, 0) is 31.4 Å². The van der Waals surface area contributed by atoms with E-state index < -0.39 is 42.1 Å². The lowest BCUT2D eigenvalue weighted by Gasteiger charge is -2.33. The molecular weight excluding hydrogens is 388 g/mol. The van der Waals surface area contributed by atoms with Crippen LogP contribution in [0.4, 0.5) is 0 Å². The van der Waals surface area contributed by atoms with Crippen molar-refractivity contribution in [2.75, 3.05) is 6.61 Å². The molecule has 4 rings (SSSR count). The minimum atomic E-state index is -1.09. The Hall–Kier alpha value is -2.22. The number of carbonyl (C=O) groups excluding carboxylic acids is 2. The van der Waals surface area contributed by atoms with Crippen LogP contribution < -0.4 is 0 Å². The summed E-state index contributed by atoms with van der Waals surface area (Å²) in [6.45, 7) is 0.257. The summed E-state index contributed by atoms with van der Waals surface area (Å²) in [6.07, 6.45) is 5.34. The molecule has 4 atom stereocenters. The quantitative estimate of drug-likeness (QED) is 0.598. The first kappa shape index (κ1) is 21.0. The number of cyclic esters (lactones) is 1. The zero-order valence-corrected chi connectivity index (χ0v) is 16.9. The topological polar surface area (TPSA) is 91.3 Å². The van der Waals surface area contributed by atoms with Crippen LogP contribution in [-0.2, 0) is 23.7 Å². The second-order valence-corrected chi connectivity index (χ2v) is 8.11. The van der Waals surface area contributed by atoms with Crippen LogP contribution in [0.25, 0.3) is 0 Å². The highest BCUT2D eigenvalue weighted by molar-refractivity contribution is 5.91. The molecule has 2 aliphatic heterocycles. The van der Waals surface area contributed by atoms with E-state index in [0.717, 1.165) is 32.1 Å². The Balaban J connectivity index is 1.45. The molecule has 30 heavy (non-hydrogen) atoms. The minimum absolute atomic E-state index is 0.183. The number of benzene rings is 1.